The molecule has 3 N–H and O–H groups in total. The Morgan fingerprint density at radius 1 is 1.23 bits per heavy atom. The minimum Gasteiger partial charge on any atom is -0.493 e. The minimum absolute atomic E-state index is 0. The van der Waals surface area contributed by atoms with E-state index < -0.39 is 0 Å². The van der Waals surface area contributed by atoms with Crippen LogP contribution in [0.15, 0.2) is 24.3 Å². The molecule has 1 aromatic rings. The standard InChI is InChI=1S/C17H28N2O2.ClH/c1-13(2)10-11-21-16-7-5-4-6-15(16)12-19-17(20)9-8-14(3)18;/h4-7,13-14H,8-12,18H2,1-3H3,(H,19,20);1H. The summed E-state index contributed by atoms with van der Waals surface area (Å²) in [5.41, 5.74) is 6.66. The van der Waals surface area contributed by atoms with E-state index in [9.17, 15) is 4.79 Å². The van der Waals surface area contributed by atoms with Crippen molar-refractivity contribution in [2.45, 2.75) is 52.6 Å². The van der Waals surface area contributed by atoms with Crippen LogP contribution in [0, 0.1) is 5.92 Å². The van der Waals surface area contributed by atoms with Gasteiger partial charge in [0.25, 0.3) is 0 Å². The second-order valence-electron chi connectivity index (χ2n) is 5.93. The van der Waals surface area contributed by atoms with Gasteiger partial charge < -0.3 is 15.8 Å². The molecule has 0 bridgehead atoms. The number of rotatable bonds is 9. The third kappa shape index (κ3) is 8.90. The Bertz CT molecular complexity index is 436. The first-order valence-electron chi connectivity index (χ1n) is 7.72. The number of nitrogens with one attached hydrogen (secondary N) is 1. The monoisotopic (exact) mass is 328 g/mol. The molecular weight excluding hydrogens is 300 g/mol. The number of halogens is 1. The summed E-state index contributed by atoms with van der Waals surface area (Å²) >= 11 is 0. The van der Waals surface area contributed by atoms with Gasteiger partial charge in [0.15, 0.2) is 0 Å². The van der Waals surface area contributed by atoms with E-state index in [1.165, 1.54) is 0 Å². The summed E-state index contributed by atoms with van der Waals surface area (Å²) in [6.45, 7) is 7.45. The van der Waals surface area contributed by atoms with Gasteiger partial charge in [0, 0.05) is 24.6 Å². The SMILES string of the molecule is CC(C)CCOc1ccccc1CNC(=O)CCC(C)N.Cl. The van der Waals surface area contributed by atoms with Crippen LogP contribution in [0.4, 0.5) is 0 Å². The van der Waals surface area contributed by atoms with Crippen LogP contribution in [-0.4, -0.2) is 18.6 Å². The van der Waals surface area contributed by atoms with E-state index >= 15 is 0 Å². The average Bonchev–Trinajstić information content (AvgIpc) is 2.43. The van der Waals surface area contributed by atoms with Crippen molar-refractivity contribution < 1.29 is 9.53 Å². The number of carbonyl (C=O) groups excluding carboxylic acids is 1. The predicted octanol–water partition coefficient (Wildman–Crippen LogP) is 3.28. The fourth-order valence-electron chi connectivity index (χ4n) is 1.84. The maximum Gasteiger partial charge on any atom is 0.220 e. The summed E-state index contributed by atoms with van der Waals surface area (Å²) in [5.74, 6) is 1.50. The highest BCUT2D eigenvalue weighted by atomic mass is 35.5. The molecule has 0 aromatic heterocycles. The van der Waals surface area contributed by atoms with Crippen LogP contribution in [0.1, 0.15) is 45.6 Å². The van der Waals surface area contributed by atoms with Crippen LogP contribution >= 0.6 is 12.4 Å². The molecule has 4 nitrogen and oxygen atoms in total. The molecule has 0 radical (unpaired) electrons. The smallest absolute Gasteiger partial charge is 0.220 e. The lowest BCUT2D eigenvalue weighted by Crippen LogP contribution is -2.25. The van der Waals surface area contributed by atoms with Crippen molar-refractivity contribution >= 4 is 18.3 Å². The van der Waals surface area contributed by atoms with E-state index in [4.69, 9.17) is 10.5 Å². The van der Waals surface area contributed by atoms with E-state index in [1.54, 1.807) is 0 Å². The van der Waals surface area contributed by atoms with Crippen molar-refractivity contribution in [2.75, 3.05) is 6.61 Å². The number of ether oxygens (including phenoxy) is 1. The molecular formula is C17H29ClN2O2. The van der Waals surface area contributed by atoms with Crippen LogP contribution in [-0.2, 0) is 11.3 Å². The zero-order valence-electron chi connectivity index (χ0n) is 13.8. The molecule has 1 amide bonds. The van der Waals surface area contributed by atoms with E-state index in [0.29, 0.717) is 31.9 Å². The van der Waals surface area contributed by atoms with Crippen molar-refractivity contribution in [3.8, 4) is 5.75 Å². The van der Waals surface area contributed by atoms with Crippen LogP contribution < -0.4 is 15.8 Å². The molecule has 0 heterocycles. The number of hydrogen-bond acceptors (Lipinski definition) is 3. The van der Waals surface area contributed by atoms with Gasteiger partial charge in [-0.1, -0.05) is 32.0 Å². The van der Waals surface area contributed by atoms with E-state index in [-0.39, 0.29) is 24.4 Å². The van der Waals surface area contributed by atoms with Gasteiger partial charge in [-0.05, 0) is 31.7 Å². The molecule has 1 atom stereocenters. The molecule has 1 rings (SSSR count). The van der Waals surface area contributed by atoms with Crippen LogP contribution in [0.3, 0.4) is 0 Å². The number of carbonyl (C=O) groups is 1. The fraction of sp³-hybridized carbons (Fsp3) is 0.588. The first-order chi connectivity index (χ1) is 9.99. The Kier molecular flexibility index (Phi) is 10.7. The van der Waals surface area contributed by atoms with Crippen LogP contribution in [0.2, 0.25) is 0 Å². The molecule has 22 heavy (non-hydrogen) atoms. The fourth-order valence-corrected chi connectivity index (χ4v) is 1.84. The molecule has 0 aliphatic rings. The Labute approximate surface area is 140 Å². The summed E-state index contributed by atoms with van der Waals surface area (Å²) in [6.07, 6.45) is 2.20. The highest BCUT2D eigenvalue weighted by Gasteiger charge is 2.07. The first kappa shape index (κ1) is 20.7. The molecule has 0 saturated carbocycles. The lowest BCUT2D eigenvalue weighted by atomic mass is 10.1. The van der Waals surface area contributed by atoms with Gasteiger partial charge in [0.05, 0.1) is 6.61 Å². The molecule has 0 aliphatic carbocycles. The van der Waals surface area contributed by atoms with Gasteiger partial charge in [-0.3, -0.25) is 4.79 Å². The summed E-state index contributed by atoms with van der Waals surface area (Å²) in [7, 11) is 0. The second-order valence-corrected chi connectivity index (χ2v) is 5.93. The quantitative estimate of drug-likeness (QED) is 0.731. The van der Waals surface area contributed by atoms with Gasteiger partial charge >= 0.3 is 0 Å². The summed E-state index contributed by atoms with van der Waals surface area (Å²) < 4.78 is 5.81. The van der Waals surface area contributed by atoms with Crippen LogP contribution in [0.25, 0.3) is 0 Å². The minimum atomic E-state index is 0. The normalized spacial score (nSPS) is 11.7. The highest BCUT2D eigenvalue weighted by molar-refractivity contribution is 5.85. The molecule has 126 valence electrons. The Morgan fingerprint density at radius 2 is 1.91 bits per heavy atom. The topological polar surface area (TPSA) is 64.3 Å². The van der Waals surface area contributed by atoms with Crippen molar-refractivity contribution in [2.24, 2.45) is 11.7 Å². The van der Waals surface area contributed by atoms with Crippen LogP contribution in [0.5, 0.6) is 5.75 Å². The van der Waals surface area contributed by atoms with Crippen molar-refractivity contribution in [1.82, 2.24) is 5.32 Å². The zero-order chi connectivity index (χ0) is 15.7. The Balaban J connectivity index is 0.00000441. The van der Waals surface area contributed by atoms with Gasteiger partial charge in [0.2, 0.25) is 5.91 Å². The number of hydrogen-bond donors (Lipinski definition) is 2. The summed E-state index contributed by atoms with van der Waals surface area (Å²) in [4.78, 5) is 11.7. The maximum atomic E-state index is 11.7. The summed E-state index contributed by atoms with van der Waals surface area (Å²) in [5, 5.41) is 2.92. The van der Waals surface area contributed by atoms with Crippen molar-refractivity contribution in [3.63, 3.8) is 0 Å². The number of benzene rings is 1. The molecule has 0 fully saturated rings. The lowest BCUT2D eigenvalue weighted by Gasteiger charge is -2.13. The van der Waals surface area contributed by atoms with E-state index in [1.807, 2.05) is 31.2 Å². The van der Waals surface area contributed by atoms with Gasteiger partial charge in [-0.15, -0.1) is 12.4 Å². The van der Waals surface area contributed by atoms with Gasteiger partial charge in [0.1, 0.15) is 5.75 Å². The number of amides is 1. The average molecular weight is 329 g/mol. The second kappa shape index (κ2) is 11.3. The molecule has 5 heteroatoms. The molecule has 1 unspecified atom stereocenters. The Morgan fingerprint density at radius 3 is 2.55 bits per heavy atom. The van der Waals surface area contributed by atoms with Gasteiger partial charge in [-0.25, -0.2) is 0 Å². The van der Waals surface area contributed by atoms with E-state index in [0.717, 1.165) is 17.7 Å². The van der Waals surface area contributed by atoms with Crippen molar-refractivity contribution in [3.05, 3.63) is 29.8 Å². The molecule has 1 aromatic carbocycles. The number of nitrogens with two attached hydrogens (primary N) is 1. The zero-order valence-corrected chi connectivity index (χ0v) is 14.6. The molecule has 0 saturated heterocycles. The van der Waals surface area contributed by atoms with E-state index in [2.05, 4.69) is 19.2 Å². The van der Waals surface area contributed by atoms with Gasteiger partial charge in [-0.2, -0.15) is 0 Å². The van der Waals surface area contributed by atoms with Crippen molar-refractivity contribution in [1.29, 1.82) is 0 Å². The lowest BCUT2D eigenvalue weighted by molar-refractivity contribution is -0.121. The third-order valence-corrected chi connectivity index (χ3v) is 3.23. The summed E-state index contributed by atoms with van der Waals surface area (Å²) in [6, 6.07) is 7.90. The number of para-hydroxylation sites is 1. The largest absolute Gasteiger partial charge is 0.493 e. The predicted molar refractivity (Wildman–Crippen MR) is 93.4 cm³/mol. The highest BCUT2D eigenvalue weighted by Crippen LogP contribution is 2.18. The molecule has 0 aliphatic heterocycles. The third-order valence-electron chi connectivity index (χ3n) is 3.23. The first-order valence-corrected chi connectivity index (χ1v) is 7.72. The Hall–Kier alpha value is -1.26. The maximum absolute atomic E-state index is 11.7. The molecule has 0 spiro atoms.